The lowest BCUT2D eigenvalue weighted by molar-refractivity contribution is -0.0328. The number of nitrogens with zero attached hydrogens (tertiary/aromatic N) is 1. The molecule has 0 unspecified atom stereocenters. The number of rotatable bonds is 4. The summed E-state index contributed by atoms with van der Waals surface area (Å²) in [5.41, 5.74) is -4.68. The second kappa shape index (κ2) is 7.58. The molecular weight excluding hydrogens is 305 g/mol. The van der Waals surface area contributed by atoms with Gasteiger partial charge in [-0.2, -0.15) is 13.2 Å². The summed E-state index contributed by atoms with van der Waals surface area (Å²) in [4.78, 5) is 13.5. The van der Waals surface area contributed by atoms with Crippen molar-refractivity contribution >= 4 is 17.9 Å². The van der Waals surface area contributed by atoms with Crippen LogP contribution in [0.1, 0.15) is 33.6 Å². The van der Waals surface area contributed by atoms with Crippen LogP contribution in [0.25, 0.3) is 0 Å². The van der Waals surface area contributed by atoms with Crippen LogP contribution in [0.5, 0.6) is 0 Å². The van der Waals surface area contributed by atoms with Gasteiger partial charge in [-0.3, -0.25) is 0 Å². The molecule has 0 spiro atoms. The molecule has 0 aliphatic carbocycles. The fourth-order valence-corrected chi connectivity index (χ4v) is 2.47. The summed E-state index contributed by atoms with van der Waals surface area (Å²) in [7, 11) is 0. The van der Waals surface area contributed by atoms with E-state index in [1.54, 1.807) is 4.90 Å². The van der Waals surface area contributed by atoms with Crippen LogP contribution >= 0.6 is 11.8 Å². The van der Waals surface area contributed by atoms with Crippen LogP contribution in [-0.4, -0.2) is 53.5 Å². The highest BCUT2D eigenvalue weighted by Gasteiger charge is 2.28. The summed E-state index contributed by atoms with van der Waals surface area (Å²) >= 11 is -0.0131. The zero-order valence-corrected chi connectivity index (χ0v) is 13.4. The topological polar surface area (TPSA) is 41.6 Å². The van der Waals surface area contributed by atoms with Crippen molar-refractivity contribution in [2.75, 3.05) is 25.4 Å². The third-order valence-corrected chi connectivity index (χ3v) is 3.68. The van der Waals surface area contributed by atoms with Crippen molar-refractivity contribution < 1.29 is 22.7 Å². The molecule has 1 fully saturated rings. The van der Waals surface area contributed by atoms with Gasteiger partial charge in [-0.25, -0.2) is 4.79 Å². The predicted molar refractivity (Wildman–Crippen MR) is 77.3 cm³/mol. The number of carbonyl (C=O) groups is 1. The van der Waals surface area contributed by atoms with Gasteiger partial charge in [0.25, 0.3) is 0 Å². The minimum atomic E-state index is -4.16. The van der Waals surface area contributed by atoms with Crippen LogP contribution in [0.15, 0.2) is 0 Å². The first-order valence-electron chi connectivity index (χ1n) is 6.99. The van der Waals surface area contributed by atoms with Crippen molar-refractivity contribution in [1.29, 1.82) is 0 Å². The first-order chi connectivity index (χ1) is 9.57. The summed E-state index contributed by atoms with van der Waals surface area (Å²) in [5.74, 6) is 0.00970. The van der Waals surface area contributed by atoms with Gasteiger partial charge >= 0.3 is 11.6 Å². The average Bonchev–Trinajstić information content (AvgIpc) is 2.32. The van der Waals surface area contributed by atoms with Gasteiger partial charge in [0, 0.05) is 31.4 Å². The predicted octanol–water partition coefficient (Wildman–Crippen LogP) is 3.23. The molecule has 1 N–H and O–H groups in total. The van der Waals surface area contributed by atoms with E-state index in [0.29, 0.717) is 19.6 Å². The average molecular weight is 328 g/mol. The van der Waals surface area contributed by atoms with Crippen LogP contribution in [0, 0.1) is 0 Å². The first-order valence-corrected chi connectivity index (χ1v) is 7.97. The van der Waals surface area contributed by atoms with E-state index in [0.717, 1.165) is 12.8 Å². The minimum absolute atomic E-state index is 0.00970. The quantitative estimate of drug-likeness (QED) is 0.805. The van der Waals surface area contributed by atoms with Crippen molar-refractivity contribution in [3.63, 3.8) is 0 Å². The van der Waals surface area contributed by atoms with Crippen molar-refractivity contribution in [3.8, 4) is 0 Å². The smallest absolute Gasteiger partial charge is 0.441 e. The number of hydrogen-bond acceptors (Lipinski definition) is 4. The molecule has 8 heteroatoms. The van der Waals surface area contributed by atoms with Crippen molar-refractivity contribution in [2.24, 2.45) is 0 Å². The normalized spacial score (nSPS) is 17.9. The molecule has 1 amide bonds. The molecular formula is C13H23F3N2O2S. The van der Waals surface area contributed by atoms with E-state index in [1.165, 1.54) is 0 Å². The number of alkyl halides is 3. The second-order valence-corrected chi connectivity index (χ2v) is 7.15. The van der Waals surface area contributed by atoms with Gasteiger partial charge in [-0.1, -0.05) is 0 Å². The van der Waals surface area contributed by atoms with Crippen LogP contribution in [0.3, 0.4) is 0 Å². The zero-order chi connectivity index (χ0) is 16.1. The summed E-state index contributed by atoms with van der Waals surface area (Å²) in [6.07, 6.45) is 1.14. The van der Waals surface area contributed by atoms with Gasteiger partial charge in [0.2, 0.25) is 0 Å². The molecule has 0 saturated carbocycles. The number of halogens is 3. The fraction of sp³-hybridized carbons (Fsp3) is 0.923. The number of amides is 1. The number of thioether (sulfide) groups is 1. The summed E-state index contributed by atoms with van der Waals surface area (Å²) in [6.45, 7) is 6.91. The Hall–Kier alpha value is -0.630. The zero-order valence-electron chi connectivity index (χ0n) is 12.6. The van der Waals surface area contributed by atoms with Gasteiger partial charge in [0.15, 0.2) is 0 Å². The summed E-state index contributed by atoms with van der Waals surface area (Å²) < 4.78 is 41.2. The second-order valence-electron chi connectivity index (χ2n) is 5.99. The van der Waals surface area contributed by atoms with Crippen molar-refractivity contribution in [1.82, 2.24) is 10.2 Å². The largest absolute Gasteiger partial charge is 0.444 e. The van der Waals surface area contributed by atoms with E-state index in [-0.39, 0.29) is 29.6 Å². The van der Waals surface area contributed by atoms with Crippen LogP contribution in [0.4, 0.5) is 18.0 Å². The Morgan fingerprint density at radius 2 is 1.86 bits per heavy atom. The minimum Gasteiger partial charge on any atom is -0.444 e. The van der Waals surface area contributed by atoms with Crippen molar-refractivity contribution in [3.05, 3.63) is 0 Å². The number of ether oxygens (including phenoxy) is 1. The lowest BCUT2D eigenvalue weighted by Gasteiger charge is -2.33. The van der Waals surface area contributed by atoms with E-state index < -0.39 is 11.1 Å². The highest BCUT2D eigenvalue weighted by Crippen LogP contribution is 2.29. The fourth-order valence-electron chi connectivity index (χ4n) is 2.02. The number of likely N-dealkylation sites (tertiary alicyclic amines) is 1. The van der Waals surface area contributed by atoms with E-state index in [9.17, 15) is 18.0 Å². The number of hydrogen-bond donors (Lipinski definition) is 1. The number of piperidine rings is 1. The molecule has 0 radical (unpaired) electrons. The number of carbonyl (C=O) groups excluding carboxylic acids is 1. The van der Waals surface area contributed by atoms with Crippen LogP contribution < -0.4 is 5.32 Å². The third-order valence-electron chi connectivity index (χ3n) is 2.95. The standard InChI is InChI=1S/C13H23F3N2O2S/c1-12(2,3)20-11(19)18-7-4-10(5-8-18)17-6-9-21-13(14,15)16/h10,17H,4-9H2,1-3H3. The summed E-state index contributed by atoms with van der Waals surface area (Å²) in [6, 6.07) is 0.164. The molecule has 0 bridgehead atoms. The Labute approximate surface area is 127 Å². The van der Waals surface area contributed by atoms with E-state index in [4.69, 9.17) is 4.74 Å². The van der Waals surface area contributed by atoms with Crippen LogP contribution in [0.2, 0.25) is 0 Å². The Morgan fingerprint density at radius 3 is 2.33 bits per heavy atom. The first kappa shape index (κ1) is 18.4. The Morgan fingerprint density at radius 1 is 1.29 bits per heavy atom. The maximum atomic E-state index is 12.0. The molecule has 21 heavy (non-hydrogen) atoms. The molecule has 0 aromatic rings. The van der Waals surface area contributed by atoms with Gasteiger partial charge < -0.3 is 15.0 Å². The van der Waals surface area contributed by atoms with Gasteiger partial charge in [-0.05, 0) is 45.4 Å². The Balaban J connectivity index is 2.19. The van der Waals surface area contributed by atoms with E-state index in [2.05, 4.69) is 5.32 Å². The molecule has 124 valence electrons. The van der Waals surface area contributed by atoms with E-state index in [1.807, 2.05) is 20.8 Å². The Bertz CT molecular complexity index is 337. The van der Waals surface area contributed by atoms with E-state index >= 15 is 0 Å². The monoisotopic (exact) mass is 328 g/mol. The van der Waals surface area contributed by atoms with Gasteiger partial charge in [0.05, 0.1) is 0 Å². The lowest BCUT2D eigenvalue weighted by atomic mass is 10.1. The highest BCUT2D eigenvalue weighted by molar-refractivity contribution is 8.00. The van der Waals surface area contributed by atoms with Crippen molar-refractivity contribution in [2.45, 2.75) is 50.8 Å². The lowest BCUT2D eigenvalue weighted by Crippen LogP contribution is -2.46. The Kier molecular flexibility index (Phi) is 6.65. The van der Waals surface area contributed by atoms with Crippen LogP contribution in [-0.2, 0) is 4.74 Å². The molecule has 1 saturated heterocycles. The van der Waals surface area contributed by atoms with Gasteiger partial charge in [0.1, 0.15) is 5.60 Å². The summed E-state index contributed by atoms with van der Waals surface area (Å²) in [5, 5.41) is 3.10. The molecule has 1 rings (SSSR count). The molecule has 1 aliphatic heterocycles. The third kappa shape index (κ3) is 8.40. The molecule has 1 heterocycles. The van der Waals surface area contributed by atoms with Gasteiger partial charge in [-0.15, -0.1) is 0 Å². The number of nitrogens with one attached hydrogen (secondary N) is 1. The molecule has 0 aromatic heterocycles. The SMILES string of the molecule is CC(C)(C)OC(=O)N1CCC(NCCSC(F)(F)F)CC1. The highest BCUT2D eigenvalue weighted by atomic mass is 32.2. The molecule has 0 atom stereocenters. The molecule has 0 aromatic carbocycles. The maximum absolute atomic E-state index is 12.0. The molecule has 4 nitrogen and oxygen atoms in total. The maximum Gasteiger partial charge on any atom is 0.441 e. The molecule has 1 aliphatic rings.